The summed E-state index contributed by atoms with van der Waals surface area (Å²) >= 11 is 0. The van der Waals surface area contributed by atoms with E-state index < -0.39 is 0 Å². The molecule has 1 aliphatic rings. The van der Waals surface area contributed by atoms with Crippen molar-refractivity contribution in [3.8, 4) is 0 Å². The van der Waals surface area contributed by atoms with Crippen LogP contribution in [0.1, 0.15) is 25.5 Å². The molecule has 1 aromatic rings. The Balaban J connectivity index is 2.10. The fourth-order valence-electron chi connectivity index (χ4n) is 2.04. The van der Waals surface area contributed by atoms with E-state index in [9.17, 15) is 0 Å². The van der Waals surface area contributed by atoms with Crippen LogP contribution in [0.3, 0.4) is 0 Å². The first-order valence-corrected chi connectivity index (χ1v) is 6.24. The standard InChI is InChI=1S/C12H19N5O/c1-2-17(8-9-4-3-7-18-9)12-15-6-5-10(16-12)11(13)14/h5-6,9H,2-4,7-8H2,1H3,(H3,13,14). The highest BCUT2D eigenvalue weighted by Gasteiger charge is 2.20. The van der Waals surface area contributed by atoms with Crippen molar-refractivity contribution in [2.24, 2.45) is 5.73 Å². The Morgan fingerprint density at radius 1 is 1.67 bits per heavy atom. The molecular weight excluding hydrogens is 230 g/mol. The van der Waals surface area contributed by atoms with Crippen molar-refractivity contribution in [2.45, 2.75) is 25.9 Å². The molecule has 1 aromatic heterocycles. The van der Waals surface area contributed by atoms with Gasteiger partial charge in [0.2, 0.25) is 5.95 Å². The van der Waals surface area contributed by atoms with E-state index in [2.05, 4.69) is 21.8 Å². The molecule has 0 aliphatic carbocycles. The van der Waals surface area contributed by atoms with Crippen LogP contribution in [0.25, 0.3) is 0 Å². The van der Waals surface area contributed by atoms with Crippen molar-refractivity contribution >= 4 is 11.8 Å². The SMILES string of the molecule is CCN(CC1CCCO1)c1nccc(C(=N)N)n1. The van der Waals surface area contributed by atoms with E-state index >= 15 is 0 Å². The van der Waals surface area contributed by atoms with Gasteiger partial charge in [0.15, 0.2) is 0 Å². The number of anilines is 1. The molecule has 98 valence electrons. The van der Waals surface area contributed by atoms with Crippen molar-refractivity contribution in [3.63, 3.8) is 0 Å². The molecule has 1 saturated heterocycles. The molecule has 0 radical (unpaired) electrons. The fraction of sp³-hybridized carbons (Fsp3) is 0.583. The molecule has 0 bridgehead atoms. The zero-order valence-corrected chi connectivity index (χ0v) is 10.6. The second-order valence-electron chi connectivity index (χ2n) is 4.33. The largest absolute Gasteiger partial charge is 0.382 e. The fourth-order valence-corrected chi connectivity index (χ4v) is 2.04. The van der Waals surface area contributed by atoms with Crippen LogP contribution < -0.4 is 10.6 Å². The summed E-state index contributed by atoms with van der Waals surface area (Å²) in [6.07, 6.45) is 4.10. The third-order valence-corrected chi connectivity index (χ3v) is 3.03. The highest BCUT2D eigenvalue weighted by molar-refractivity contribution is 5.93. The molecule has 2 heterocycles. The van der Waals surface area contributed by atoms with Gasteiger partial charge < -0.3 is 15.4 Å². The number of nitrogens with one attached hydrogen (secondary N) is 1. The lowest BCUT2D eigenvalue weighted by molar-refractivity contribution is 0.115. The van der Waals surface area contributed by atoms with Gasteiger partial charge >= 0.3 is 0 Å². The van der Waals surface area contributed by atoms with Crippen LogP contribution in [-0.2, 0) is 4.74 Å². The van der Waals surface area contributed by atoms with Crippen molar-refractivity contribution in [2.75, 3.05) is 24.6 Å². The van der Waals surface area contributed by atoms with Gasteiger partial charge in [-0.3, -0.25) is 5.41 Å². The summed E-state index contributed by atoms with van der Waals surface area (Å²) in [5, 5.41) is 7.40. The maximum Gasteiger partial charge on any atom is 0.226 e. The van der Waals surface area contributed by atoms with Crippen LogP contribution in [0, 0.1) is 5.41 Å². The Hall–Kier alpha value is -1.69. The predicted molar refractivity (Wildman–Crippen MR) is 69.9 cm³/mol. The summed E-state index contributed by atoms with van der Waals surface area (Å²) in [6, 6.07) is 1.64. The van der Waals surface area contributed by atoms with Gasteiger partial charge in [0.05, 0.1) is 6.10 Å². The molecule has 0 amide bonds. The maximum absolute atomic E-state index is 7.40. The lowest BCUT2D eigenvalue weighted by Gasteiger charge is -2.24. The molecule has 1 atom stereocenters. The highest BCUT2D eigenvalue weighted by atomic mass is 16.5. The predicted octanol–water partition coefficient (Wildman–Crippen LogP) is 0.766. The van der Waals surface area contributed by atoms with Crippen LogP contribution in [0.2, 0.25) is 0 Å². The molecular formula is C12H19N5O. The lowest BCUT2D eigenvalue weighted by Crippen LogP contribution is -2.33. The average molecular weight is 249 g/mol. The molecule has 6 nitrogen and oxygen atoms in total. The Kier molecular flexibility index (Phi) is 4.09. The van der Waals surface area contributed by atoms with E-state index in [4.69, 9.17) is 15.9 Å². The van der Waals surface area contributed by atoms with Crippen molar-refractivity contribution in [1.29, 1.82) is 5.41 Å². The number of amidine groups is 1. The first kappa shape index (κ1) is 12.8. The minimum absolute atomic E-state index is 0.0354. The van der Waals surface area contributed by atoms with Gasteiger partial charge in [-0.2, -0.15) is 0 Å². The minimum atomic E-state index is -0.0354. The van der Waals surface area contributed by atoms with Gasteiger partial charge in [-0.05, 0) is 25.8 Å². The van der Waals surface area contributed by atoms with E-state index in [1.54, 1.807) is 12.3 Å². The number of hydrogen-bond acceptors (Lipinski definition) is 5. The zero-order chi connectivity index (χ0) is 13.0. The molecule has 3 N–H and O–H groups in total. The number of ether oxygens (including phenoxy) is 1. The zero-order valence-electron chi connectivity index (χ0n) is 10.6. The maximum atomic E-state index is 7.40. The number of aromatic nitrogens is 2. The molecule has 6 heteroatoms. The van der Waals surface area contributed by atoms with Crippen LogP contribution in [0.4, 0.5) is 5.95 Å². The molecule has 18 heavy (non-hydrogen) atoms. The molecule has 1 aliphatic heterocycles. The van der Waals surface area contributed by atoms with Crippen LogP contribution in [0.5, 0.6) is 0 Å². The van der Waals surface area contributed by atoms with E-state index in [1.807, 2.05) is 0 Å². The molecule has 1 fully saturated rings. The minimum Gasteiger partial charge on any atom is -0.382 e. The molecule has 0 saturated carbocycles. The van der Waals surface area contributed by atoms with E-state index in [-0.39, 0.29) is 11.9 Å². The van der Waals surface area contributed by atoms with Crippen LogP contribution in [-0.4, -0.2) is 41.6 Å². The van der Waals surface area contributed by atoms with Gasteiger partial charge in [-0.1, -0.05) is 0 Å². The number of nitrogens with two attached hydrogens (primary N) is 1. The number of nitrogens with zero attached hydrogens (tertiary/aromatic N) is 3. The molecule has 2 rings (SSSR count). The van der Waals surface area contributed by atoms with Crippen molar-refractivity contribution in [3.05, 3.63) is 18.0 Å². The summed E-state index contributed by atoms with van der Waals surface area (Å²) < 4.78 is 5.62. The summed E-state index contributed by atoms with van der Waals surface area (Å²) in [7, 11) is 0. The quantitative estimate of drug-likeness (QED) is 0.594. The van der Waals surface area contributed by atoms with E-state index in [0.29, 0.717) is 11.6 Å². The first-order chi connectivity index (χ1) is 8.70. The van der Waals surface area contributed by atoms with Gasteiger partial charge in [0, 0.05) is 25.9 Å². The summed E-state index contributed by atoms with van der Waals surface area (Å²) in [6.45, 7) is 4.49. The second kappa shape index (κ2) is 5.77. The lowest BCUT2D eigenvalue weighted by atomic mass is 10.2. The van der Waals surface area contributed by atoms with Crippen molar-refractivity contribution < 1.29 is 4.74 Å². The molecule has 0 spiro atoms. The van der Waals surface area contributed by atoms with Gasteiger partial charge in [-0.25, -0.2) is 9.97 Å². The van der Waals surface area contributed by atoms with Crippen LogP contribution >= 0.6 is 0 Å². The Morgan fingerprint density at radius 3 is 3.11 bits per heavy atom. The highest BCUT2D eigenvalue weighted by Crippen LogP contribution is 2.16. The average Bonchev–Trinajstić information content (AvgIpc) is 2.89. The van der Waals surface area contributed by atoms with E-state index in [1.165, 1.54) is 0 Å². The molecule has 1 unspecified atom stereocenters. The second-order valence-corrected chi connectivity index (χ2v) is 4.33. The molecule has 0 aromatic carbocycles. The van der Waals surface area contributed by atoms with Crippen LogP contribution in [0.15, 0.2) is 12.3 Å². The number of nitrogen functional groups attached to an aromatic ring is 1. The Morgan fingerprint density at radius 2 is 2.50 bits per heavy atom. The summed E-state index contributed by atoms with van der Waals surface area (Å²) in [4.78, 5) is 10.6. The normalized spacial score (nSPS) is 18.8. The number of likely N-dealkylation sites (N-methyl/N-ethyl adjacent to an activating group) is 1. The third-order valence-electron chi connectivity index (χ3n) is 3.03. The van der Waals surface area contributed by atoms with Gasteiger partial charge in [0.1, 0.15) is 11.5 Å². The summed E-state index contributed by atoms with van der Waals surface area (Å²) in [5.74, 6) is 0.576. The number of hydrogen-bond donors (Lipinski definition) is 2. The van der Waals surface area contributed by atoms with Gasteiger partial charge in [-0.15, -0.1) is 0 Å². The third kappa shape index (κ3) is 2.95. The number of rotatable bonds is 5. The van der Waals surface area contributed by atoms with E-state index in [0.717, 1.165) is 32.5 Å². The smallest absolute Gasteiger partial charge is 0.226 e. The topological polar surface area (TPSA) is 88.1 Å². The van der Waals surface area contributed by atoms with Crippen molar-refractivity contribution in [1.82, 2.24) is 9.97 Å². The van der Waals surface area contributed by atoms with Gasteiger partial charge in [0.25, 0.3) is 0 Å². The summed E-state index contributed by atoms with van der Waals surface area (Å²) in [5.41, 5.74) is 5.90. The Bertz CT molecular complexity index is 417. The first-order valence-electron chi connectivity index (χ1n) is 6.24. The Labute approximate surface area is 107 Å². The monoisotopic (exact) mass is 249 g/mol.